The van der Waals surface area contributed by atoms with Crippen molar-refractivity contribution < 1.29 is 28.5 Å². The Morgan fingerprint density at radius 1 is 1.37 bits per heavy atom. The maximum absolute atomic E-state index is 12.0. The molecule has 2 heterocycles. The number of imide groups is 1. The molecule has 2 aliphatic heterocycles. The molecule has 1 N–H and O–H groups in total. The third-order valence-corrected chi connectivity index (χ3v) is 6.10. The highest BCUT2D eigenvalue weighted by molar-refractivity contribution is 6.28. The Bertz CT molecular complexity index is 630. The van der Waals surface area contributed by atoms with Crippen molar-refractivity contribution in [3.05, 3.63) is 11.6 Å². The smallest absolute Gasteiger partial charge is 0.414 e. The third kappa shape index (κ3) is 4.16. The first kappa shape index (κ1) is 20.6. The molecule has 0 radical (unpaired) electrons. The maximum atomic E-state index is 12.0. The Kier molecular flexibility index (Phi) is 5.87. The Labute approximate surface area is 164 Å². The van der Waals surface area contributed by atoms with Gasteiger partial charge in [0.1, 0.15) is 29.3 Å². The molecule has 0 unspecified atom stereocenters. The molecular formula is C19H28ClNO6. The minimum absolute atomic E-state index is 0.0548. The lowest BCUT2D eigenvalue weighted by Gasteiger charge is -2.42. The highest BCUT2D eigenvalue weighted by Crippen LogP contribution is 2.59. The van der Waals surface area contributed by atoms with Gasteiger partial charge in [-0.15, -0.1) is 11.6 Å². The van der Waals surface area contributed by atoms with Crippen LogP contribution in [0, 0.1) is 5.92 Å². The van der Waals surface area contributed by atoms with Gasteiger partial charge in [-0.05, 0) is 40.0 Å². The van der Waals surface area contributed by atoms with E-state index >= 15 is 0 Å². The van der Waals surface area contributed by atoms with E-state index in [4.69, 9.17) is 30.5 Å². The summed E-state index contributed by atoms with van der Waals surface area (Å²) in [6.07, 6.45) is 2.78. The summed E-state index contributed by atoms with van der Waals surface area (Å²) < 4.78 is 23.2. The molecule has 1 aliphatic carbocycles. The van der Waals surface area contributed by atoms with Crippen molar-refractivity contribution in [2.75, 3.05) is 19.6 Å². The van der Waals surface area contributed by atoms with Crippen LogP contribution < -0.4 is 5.32 Å². The molecule has 0 aromatic rings. The fraction of sp³-hybridized carbons (Fsp3) is 0.789. The van der Waals surface area contributed by atoms with Gasteiger partial charge in [0.05, 0.1) is 18.6 Å². The van der Waals surface area contributed by atoms with Crippen LogP contribution in [0.5, 0.6) is 0 Å². The van der Waals surface area contributed by atoms with E-state index in [1.165, 1.54) is 5.57 Å². The van der Waals surface area contributed by atoms with Crippen molar-refractivity contribution in [2.24, 2.45) is 5.92 Å². The van der Waals surface area contributed by atoms with Gasteiger partial charge in [-0.2, -0.15) is 0 Å². The molecule has 152 valence electrons. The van der Waals surface area contributed by atoms with Crippen molar-refractivity contribution in [2.45, 2.75) is 69.5 Å². The van der Waals surface area contributed by atoms with Crippen LogP contribution in [0.4, 0.5) is 4.79 Å². The SMILES string of the molecule is CO[C@H]1[C@@H]([C@]2(C)O[C@H]2CC=C(C)C)[C@]2(CC[C@H]1OC(=O)NC(=O)CCl)CO2. The minimum atomic E-state index is -0.804. The molecule has 1 spiro atoms. The number of allylic oxidation sites excluding steroid dienone is 1. The topological polar surface area (TPSA) is 89.7 Å². The number of halogens is 1. The third-order valence-electron chi connectivity index (χ3n) is 5.86. The first-order valence-electron chi connectivity index (χ1n) is 9.30. The number of alkyl halides is 1. The van der Waals surface area contributed by atoms with Crippen LogP contribution in [0.2, 0.25) is 0 Å². The maximum Gasteiger partial charge on any atom is 0.414 e. The number of methoxy groups -OCH3 is 1. The quantitative estimate of drug-likeness (QED) is 0.418. The predicted octanol–water partition coefficient (Wildman–Crippen LogP) is 2.55. The molecule has 3 rings (SSSR count). The number of carbonyl (C=O) groups is 2. The normalized spacial score (nSPS) is 39.6. The summed E-state index contributed by atoms with van der Waals surface area (Å²) in [5.41, 5.74) is 0.574. The van der Waals surface area contributed by atoms with Crippen LogP contribution in [0.3, 0.4) is 0 Å². The zero-order valence-electron chi connectivity index (χ0n) is 16.2. The summed E-state index contributed by atoms with van der Waals surface area (Å²) in [6.45, 7) is 6.87. The van der Waals surface area contributed by atoms with Gasteiger partial charge in [0.25, 0.3) is 0 Å². The average molecular weight is 402 g/mol. The summed E-state index contributed by atoms with van der Waals surface area (Å²) in [4.78, 5) is 23.3. The summed E-state index contributed by atoms with van der Waals surface area (Å²) in [5.74, 6) is -0.949. The molecule has 3 aliphatic rings. The Morgan fingerprint density at radius 3 is 2.63 bits per heavy atom. The Morgan fingerprint density at radius 2 is 2.07 bits per heavy atom. The number of carbonyl (C=O) groups excluding carboxylic acids is 2. The van der Waals surface area contributed by atoms with Crippen LogP contribution in [0.1, 0.15) is 40.0 Å². The Balaban J connectivity index is 1.73. The van der Waals surface area contributed by atoms with Crippen LogP contribution >= 0.6 is 11.6 Å². The van der Waals surface area contributed by atoms with E-state index in [1.54, 1.807) is 7.11 Å². The lowest BCUT2D eigenvalue weighted by atomic mass is 9.68. The van der Waals surface area contributed by atoms with Crippen molar-refractivity contribution in [1.82, 2.24) is 5.32 Å². The van der Waals surface area contributed by atoms with Gasteiger partial charge in [0.2, 0.25) is 5.91 Å². The number of hydrogen-bond donors (Lipinski definition) is 1. The van der Waals surface area contributed by atoms with Gasteiger partial charge in [-0.25, -0.2) is 4.79 Å². The van der Waals surface area contributed by atoms with E-state index in [0.717, 1.165) is 12.8 Å². The van der Waals surface area contributed by atoms with Gasteiger partial charge in [-0.3, -0.25) is 10.1 Å². The number of hydrogen-bond acceptors (Lipinski definition) is 6. The fourth-order valence-corrected chi connectivity index (χ4v) is 4.45. The molecule has 1 saturated carbocycles. The summed E-state index contributed by atoms with van der Waals surface area (Å²) >= 11 is 5.42. The highest BCUT2D eigenvalue weighted by Gasteiger charge is 2.72. The monoisotopic (exact) mass is 401 g/mol. The van der Waals surface area contributed by atoms with Gasteiger partial charge in [-0.1, -0.05) is 11.6 Å². The number of nitrogens with one attached hydrogen (secondary N) is 1. The van der Waals surface area contributed by atoms with Gasteiger partial charge in [0.15, 0.2) is 0 Å². The van der Waals surface area contributed by atoms with E-state index in [1.807, 2.05) is 0 Å². The van der Waals surface area contributed by atoms with Gasteiger partial charge in [0, 0.05) is 7.11 Å². The van der Waals surface area contributed by atoms with Crippen LogP contribution in [-0.4, -0.2) is 61.1 Å². The van der Waals surface area contributed by atoms with Crippen molar-refractivity contribution >= 4 is 23.6 Å². The lowest BCUT2D eigenvalue weighted by Crippen LogP contribution is -2.56. The van der Waals surface area contributed by atoms with E-state index in [2.05, 4.69) is 32.2 Å². The number of amides is 2. The van der Waals surface area contributed by atoms with E-state index in [0.29, 0.717) is 13.0 Å². The molecule has 7 nitrogen and oxygen atoms in total. The summed E-state index contributed by atoms with van der Waals surface area (Å²) in [6, 6.07) is 0. The lowest BCUT2D eigenvalue weighted by molar-refractivity contribution is -0.124. The fourth-order valence-electron chi connectivity index (χ4n) is 4.38. The van der Waals surface area contributed by atoms with Gasteiger partial charge >= 0.3 is 6.09 Å². The second-order valence-electron chi connectivity index (χ2n) is 8.00. The molecule has 0 aromatic heterocycles. The molecule has 2 amide bonds. The molecule has 6 atom stereocenters. The van der Waals surface area contributed by atoms with E-state index in [9.17, 15) is 9.59 Å². The zero-order chi connectivity index (χ0) is 19.8. The number of ether oxygens (including phenoxy) is 4. The summed E-state index contributed by atoms with van der Waals surface area (Å²) in [5, 5.41) is 2.11. The minimum Gasteiger partial charge on any atom is -0.443 e. The molecule has 2 saturated heterocycles. The molecule has 3 fully saturated rings. The highest BCUT2D eigenvalue weighted by atomic mass is 35.5. The average Bonchev–Trinajstić information content (AvgIpc) is 3.52. The zero-order valence-corrected chi connectivity index (χ0v) is 17.0. The van der Waals surface area contributed by atoms with Crippen molar-refractivity contribution in [3.8, 4) is 0 Å². The molecule has 8 heteroatoms. The van der Waals surface area contributed by atoms with Gasteiger partial charge < -0.3 is 18.9 Å². The van der Waals surface area contributed by atoms with Crippen molar-refractivity contribution in [1.29, 1.82) is 0 Å². The molecule has 0 bridgehead atoms. The first-order chi connectivity index (χ1) is 12.8. The molecular weight excluding hydrogens is 374 g/mol. The van der Waals surface area contributed by atoms with Crippen LogP contribution in [0.25, 0.3) is 0 Å². The number of rotatable bonds is 6. The van der Waals surface area contributed by atoms with Crippen LogP contribution in [-0.2, 0) is 23.7 Å². The largest absolute Gasteiger partial charge is 0.443 e. The molecule has 27 heavy (non-hydrogen) atoms. The van der Waals surface area contributed by atoms with E-state index in [-0.39, 0.29) is 29.6 Å². The van der Waals surface area contributed by atoms with E-state index < -0.39 is 23.7 Å². The second kappa shape index (κ2) is 7.70. The summed E-state index contributed by atoms with van der Waals surface area (Å²) in [7, 11) is 1.61. The predicted molar refractivity (Wildman–Crippen MR) is 98.7 cm³/mol. The number of epoxide rings is 2. The van der Waals surface area contributed by atoms with Crippen molar-refractivity contribution in [3.63, 3.8) is 0 Å². The van der Waals surface area contributed by atoms with Crippen LogP contribution in [0.15, 0.2) is 11.6 Å². The first-order valence-corrected chi connectivity index (χ1v) is 9.83. The number of alkyl carbamates (subject to hydrolysis) is 1. The molecule has 0 aromatic carbocycles. The second-order valence-corrected chi connectivity index (χ2v) is 8.27. The Hall–Kier alpha value is -1.15. The standard InChI is InChI=1S/C19H28ClNO6/c1-11(2)5-6-13-18(3,27-13)16-15(24-4)12(7-8-19(16)10-25-19)26-17(23)21-14(22)9-20/h5,12-13,15-16H,6-10H2,1-4H3,(H,21,22,23)/t12-,13+,15-,16+,18-,19+/m1/s1.